The highest BCUT2D eigenvalue weighted by Gasteiger charge is 2.28. The van der Waals surface area contributed by atoms with E-state index in [-0.39, 0.29) is 18.1 Å². The van der Waals surface area contributed by atoms with E-state index in [4.69, 9.17) is 9.26 Å². The van der Waals surface area contributed by atoms with E-state index in [1.54, 1.807) is 0 Å². The minimum atomic E-state index is -0.293. The molecule has 0 aromatic carbocycles. The second-order valence-corrected chi connectivity index (χ2v) is 4.96. The molecule has 2 N–H and O–H groups in total. The Kier molecular flexibility index (Phi) is 5.14. The van der Waals surface area contributed by atoms with Gasteiger partial charge in [0.2, 0.25) is 5.91 Å². The molecule has 1 saturated heterocycles. The molecule has 1 aromatic heterocycles. The van der Waals surface area contributed by atoms with Gasteiger partial charge in [-0.25, -0.2) is 0 Å². The Labute approximate surface area is 119 Å². The molecule has 1 fully saturated rings. The maximum atomic E-state index is 12.2. The first-order valence-corrected chi connectivity index (χ1v) is 7.26. The van der Waals surface area contributed by atoms with E-state index in [2.05, 4.69) is 15.8 Å². The highest BCUT2D eigenvalue weighted by molar-refractivity contribution is 5.82. The zero-order chi connectivity index (χ0) is 14.5. The van der Waals surface area contributed by atoms with Crippen molar-refractivity contribution in [3.63, 3.8) is 0 Å². The number of hydrogen-bond donors (Lipinski definition) is 2. The molecule has 2 rings (SSSR count). The second-order valence-electron chi connectivity index (χ2n) is 4.96. The van der Waals surface area contributed by atoms with Gasteiger partial charge < -0.3 is 19.9 Å². The number of ether oxygens (including phenoxy) is 1. The lowest BCUT2D eigenvalue weighted by Crippen LogP contribution is -2.55. The lowest BCUT2D eigenvalue weighted by molar-refractivity contribution is -0.129. The van der Waals surface area contributed by atoms with Crippen molar-refractivity contribution in [1.29, 1.82) is 0 Å². The van der Waals surface area contributed by atoms with Crippen molar-refractivity contribution in [3.05, 3.63) is 17.0 Å². The fourth-order valence-electron chi connectivity index (χ4n) is 2.45. The summed E-state index contributed by atoms with van der Waals surface area (Å²) in [5.41, 5.74) is 1.93. The summed E-state index contributed by atoms with van der Waals surface area (Å²) in [5, 5.41) is 10.2. The lowest BCUT2D eigenvalue weighted by Gasteiger charge is -2.29. The summed E-state index contributed by atoms with van der Waals surface area (Å²) in [4.78, 5) is 12.2. The Balaban J connectivity index is 1.97. The van der Waals surface area contributed by atoms with Crippen molar-refractivity contribution in [2.75, 3.05) is 13.2 Å². The number of aryl methyl sites for hydroxylation is 2. The van der Waals surface area contributed by atoms with Gasteiger partial charge >= 0.3 is 0 Å². The highest BCUT2D eigenvalue weighted by atomic mass is 16.5. The molecular weight excluding hydrogens is 258 g/mol. The summed E-state index contributed by atoms with van der Waals surface area (Å²) in [6.07, 6.45) is 1.47. The molecule has 0 spiro atoms. The molecular formula is C14H23N3O3. The Hall–Kier alpha value is -1.40. The van der Waals surface area contributed by atoms with Crippen LogP contribution < -0.4 is 10.6 Å². The third kappa shape index (κ3) is 3.19. The average molecular weight is 281 g/mol. The number of nitrogens with zero attached hydrogens (tertiary/aromatic N) is 1. The number of aromatic nitrogens is 1. The summed E-state index contributed by atoms with van der Waals surface area (Å²) < 4.78 is 10.8. The van der Waals surface area contributed by atoms with Crippen LogP contribution >= 0.6 is 0 Å². The molecule has 0 saturated carbocycles. The zero-order valence-electron chi connectivity index (χ0n) is 12.4. The van der Waals surface area contributed by atoms with Crippen molar-refractivity contribution in [2.24, 2.45) is 0 Å². The van der Waals surface area contributed by atoms with E-state index >= 15 is 0 Å². The van der Waals surface area contributed by atoms with Gasteiger partial charge in [0.25, 0.3) is 0 Å². The van der Waals surface area contributed by atoms with Crippen molar-refractivity contribution < 1.29 is 14.1 Å². The Morgan fingerprint density at radius 3 is 2.90 bits per heavy atom. The van der Waals surface area contributed by atoms with Gasteiger partial charge in [0.1, 0.15) is 11.8 Å². The molecule has 0 radical (unpaired) electrons. The van der Waals surface area contributed by atoms with Gasteiger partial charge in [0.05, 0.1) is 18.4 Å². The smallest absolute Gasteiger partial charge is 0.240 e. The topological polar surface area (TPSA) is 76.4 Å². The number of hydrogen-bond acceptors (Lipinski definition) is 5. The number of rotatable bonds is 5. The summed E-state index contributed by atoms with van der Waals surface area (Å²) >= 11 is 0. The van der Waals surface area contributed by atoms with Crippen LogP contribution in [0, 0.1) is 0 Å². The van der Waals surface area contributed by atoms with E-state index in [1.807, 2.05) is 20.8 Å². The number of carbonyl (C=O) groups is 1. The summed E-state index contributed by atoms with van der Waals surface area (Å²) in [5.74, 6) is 0.811. The second kappa shape index (κ2) is 6.85. The Morgan fingerprint density at radius 1 is 1.45 bits per heavy atom. The third-order valence-corrected chi connectivity index (χ3v) is 3.65. The van der Waals surface area contributed by atoms with Crippen LogP contribution in [0.4, 0.5) is 0 Å². The fraction of sp³-hybridized carbons (Fsp3) is 0.714. The predicted molar refractivity (Wildman–Crippen MR) is 74.3 cm³/mol. The summed E-state index contributed by atoms with van der Waals surface area (Å²) in [6.45, 7) is 7.77. The highest BCUT2D eigenvalue weighted by Crippen LogP contribution is 2.15. The quantitative estimate of drug-likeness (QED) is 0.834. The van der Waals surface area contributed by atoms with Gasteiger partial charge in [0, 0.05) is 25.1 Å². The first kappa shape index (κ1) is 15.0. The number of carbonyl (C=O) groups excluding carboxylic acids is 1. The molecule has 2 atom stereocenters. The maximum absolute atomic E-state index is 12.2. The van der Waals surface area contributed by atoms with E-state index in [9.17, 15) is 4.79 Å². The molecule has 1 aliphatic heterocycles. The van der Waals surface area contributed by atoms with Gasteiger partial charge in [-0.2, -0.15) is 0 Å². The van der Waals surface area contributed by atoms with Gasteiger partial charge in [-0.3, -0.25) is 4.79 Å². The van der Waals surface area contributed by atoms with Crippen LogP contribution in [0.3, 0.4) is 0 Å². The van der Waals surface area contributed by atoms with E-state index in [0.29, 0.717) is 19.7 Å². The van der Waals surface area contributed by atoms with Crippen molar-refractivity contribution in [1.82, 2.24) is 15.8 Å². The molecule has 1 aliphatic rings. The molecule has 1 amide bonds. The van der Waals surface area contributed by atoms with Crippen LogP contribution in [0.2, 0.25) is 0 Å². The number of nitrogens with one attached hydrogen (secondary N) is 2. The van der Waals surface area contributed by atoms with Gasteiger partial charge in [-0.05, 0) is 13.3 Å². The molecule has 2 heterocycles. The van der Waals surface area contributed by atoms with E-state index < -0.39 is 0 Å². The molecule has 0 aliphatic carbocycles. The molecule has 6 nitrogen and oxygen atoms in total. The van der Waals surface area contributed by atoms with Gasteiger partial charge in [-0.1, -0.05) is 19.0 Å². The molecule has 0 unspecified atom stereocenters. The molecule has 0 bridgehead atoms. The predicted octanol–water partition coefficient (Wildman–Crippen LogP) is 0.792. The van der Waals surface area contributed by atoms with Crippen molar-refractivity contribution in [2.45, 2.75) is 52.3 Å². The van der Waals surface area contributed by atoms with Crippen LogP contribution in [0.5, 0.6) is 0 Å². The average Bonchev–Trinajstić information content (AvgIpc) is 2.87. The first-order chi connectivity index (χ1) is 9.67. The van der Waals surface area contributed by atoms with Crippen LogP contribution in [0.15, 0.2) is 4.52 Å². The van der Waals surface area contributed by atoms with E-state index in [0.717, 1.165) is 29.9 Å². The normalized spacial score (nSPS) is 22.8. The minimum Gasteiger partial charge on any atom is -0.375 e. The van der Waals surface area contributed by atoms with Crippen molar-refractivity contribution in [3.8, 4) is 0 Å². The van der Waals surface area contributed by atoms with Crippen molar-refractivity contribution >= 4 is 5.91 Å². The summed E-state index contributed by atoms with van der Waals surface area (Å²) in [6, 6.07) is -0.293. The van der Waals surface area contributed by atoms with Gasteiger partial charge in [-0.15, -0.1) is 0 Å². The zero-order valence-corrected chi connectivity index (χ0v) is 12.4. The molecule has 6 heteroatoms. The lowest BCUT2D eigenvalue weighted by atomic mass is 10.1. The van der Waals surface area contributed by atoms with E-state index in [1.165, 1.54) is 0 Å². The van der Waals surface area contributed by atoms with Crippen LogP contribution in [-0.2, 0) is 28.9 Å². The molecule has 20 heavy (non-hydrogen) atoms. The van der Waals surface area contributed by atoms with Gasteiger partial charge in [0.15, 0.2) is 0 Å². The monoisotopic (exact) mass is 281 g/mol. The maximum Gasteiger partial charge on any atom is 0.240 e. The Bertz CT molecular complexity index is 437. The first-order valence-electron chi connectivity index (χ1n) is 7.26. The minimum absolute atomic E-state index is 0.0393. The van der Waals surface area contributed by atoms with Crippen LogP contribution in [0.1, 0.15) is 37.8 Å². The number of amides is 1. The molecule has 1 aromatic rings. The van der Waals surface area contributed by atoms with Crippen LogP contribution in [0.25, 0.3) is 0 Å². The standard InChI is InChI=1S/C14H23N3O3/c1-4-11-10(12(5-2)20-17-11)8-16-14(18)13-9(3)19-7-6-15-13/h9,13,15H,4-8H2,1-3H3,(H,16,18)/t9-,13+/m1/s1. The molecule has 112 valence electrons. The van der Waals surface area contributed by atoms with Crippen LogP contribution in [-0.4, -0.2) is 36.4 Å². The third-order valence-electron chi connectivity index (χ3n) is 3.65. The Morgan fingerprint density at radius 2 is 2.25 bits per heavy atom. The number of morpholine rings is 1. The fourth-order valence-corrected chi connectivity index (χ4v) is 2.45. The summed E-state index contributed by atoms with van der Waals surface area (Å²) in [7, 11) is 0. The largest absolute Gasteiger partial charge is 0.375 e. The SMILES string of the molecule is CCc1noc(CC)c1CNC(=O)[C@H]1NCCO[C@@H]1C.